The number of hydrogen-bond donors (Lipinski definition) is 1. The minimum absolute atomic E-state index is 0.0384. The van der Waals surface area contributed by atoms with E-state index in [1.807, 2.05) is 11.4 Å². The van der Waals surface area contributed by atoms with Crippen LogP contribution in [0, 0.1) is 0 Å². The molecular weight excluding hydrogens is 316 g/mol. The van der Waals surface area contributed by atoms with Crippen molar-refractivity contribution in [3.05, 3.63) is 50.6 Å². The lowest BCUT2D eigenvalue weighted by Gasteiger charge is -2.06. The Balaban J connectivity index is 1.94. The van der Waals surface area contributed by atoms with Gasteiger partial charge in [0.2, 0.25) is 0 Å². The Labute approximate surface area is 117 Å². The summed E-state index contributed by atoms with van der Waals surface area (Å²) in [6, 6.07) is 9.11. The van der Waals surface area contributed by atoms with E-state index in [-0.39, 0.29) is 6.42 Å². The van der Waals surface area contributed by atoms with Gasteiger partial charge in [-0.1, -0.05) is 12.1 Å². The minimum Gasteiger partial charge on any atom is -0.488 e. The Morgan fingerprint density at radius 1 is 1.28 bits per heavy atom. The molecule has 1 aromatic carbocycles. The zero-order valence-electron chi connectivity index (χ0n) is 9.43. The second kappa shape index (κ2) is 6.02. The van der Waals surface area contributed by atoms with Gasteiger partial charge in [0.25, 0.3) is 0 Å². The topological polar surface area (TPSA) is 46.5 Å². The van der Waals surface area contributed by atoms with Gasteiger partial charge in [0, 0.05) is 4.47 Å². The summed E-state index contributed by atoms with van der Waals surface area (Å²) in [4.78, 5) is 11.7. The van der Waals surface area contributed by atoms with E-state index in [2.05, 4.69) is 15.9 Å². The second-order valence-corrected chi connectivity index (χ2v) is 5.55. The van der Waals surface area contributed by atoms with Crippen LogP contribution in [0.25, 0.3) is 0 Å². The van der Waals surface area contributed by atoms with Gasteiger partial charge in [-0.2, -0.15) is 0 Å². The van der Waals surface area contributed by atoms with Crippen LogP contribution in [0.4, 0.5) is 0 Å². The number of ether oxygens (including phenoxy) is 1. The summed E-state index contributed by atoms with van der Waals surface area (Å²) in [5.74, 6) is -0.0874. The number of rotatable bonds is 5. The molecular formula is C13H11BrO3S. The lowest BCUT2D eigenvalue weighted by atomic mass is 10.1. The number of carbonyl (C=O) groups is 1. The fraction of sp³-hybridized carbons (Fsp3) is 0.154. The summed E-state index contributed by atoms with van der Waals surface area (Å²) >= 11 is 5.07. The Morgan fingerprint density at radius 3 is 2.56 bits per heavy atom. The fourth-order valence-corrected chi connectivity index (χ4v) is 2.83. The number of hydrogen-bond acceptors (Lipinski definition) is 3. The van der Waals surface area contributed by atoms with Gasteiger partial charge in [-0.25, -0.2) is 0 Å². The first-order chi connectivity index (χ1) is 8.65. The van der Waals surface area contributed by atoms with Crippen molar-refractivity contribution in [1.82, 2.24) is 0 Å². The fourth-order valence-electron chi connectivity index (χ4n) is 1.46. The first-order valence-electron chi connectivity index (χ1n) is 5.30. The van der Waals surface area contributed by atoms with E-state index in [4.69, 9.17) is 9.84 Å². The lowest BCUT2D eigenvalue weighted by Crippen LogP contribution is -2.00. The molecule has 0 fully saturated rings. The van der Waals surface area contributed by atoms with Crippen molar-refractivity contribution in [2.24, 2.45) is 0 Å². The molecule has 2 rings (SSSR count). The first kappa shape index (κ1) is 13.1. The van der Waals surface area contributed by atoms with Crippen LogP contribution >= 0.6 is 27.3 Å². The van der Waals surface area contributed by atoms with Crippen molar-refractivity contribution in [3.8, 4) is 5.75 Å². The van der Waals surface area contributed by atoms with E-state index in [1.165, 1.54) is 0 Å². The molecule has 0 aliphatic carbocycles. The Morgan fingerprint density at radius 2 is 2.00 bits per heavy atom. The molecule has 94 valence electrons. The van der Waals surface area contributed by atoms with Gasteiger partial charge in [0.05, 0.1) is 11.3 Å². The Bertz CT molecular complexity index is 533. The lowest BCUT2D eigenvalue weighted by molar-refractivity contribution is -0.136. The Hall–Kier alpha value is -1.33. The van der Waals surface area contributed by atoms with Gasteiger partial charge in [-0.15, -0.1) is 11.3 Å². The maximum atomic E-state index is 10.5. The van der Waals surface area contributed by atoms with Gasteiger partial charge in [0.15, 0.2) is 0 Å². The first-order valence-corrected chi connectivity index (χ1v) is 6.98. The predicted molar refractivity (Wildman–Crippen MR) is 74.1 cm³/mol. The van der Waals surface area contributed by atoms with Crippen LogP contribution in [-0.2, 0) is 17.8 Å². The molecule has 0 radical (unpaired) electrons. The van der Waals surface area contributed by atoms with E-state index < -0.39 is 5.97 Å². The average molecular weight is 327 g/mol. The normalized spacial score (nSPS) is 10.3. The van der Waals surface area contributed by atoms with Gasteiger partial charge >= 0.3 is 5.97 Å². The molecule has 0 bridgehead atoms. The van der Waals surface area contributed by atoms with Crippen molar-refractivity contribution < 1.29 is 14.6 Å². The molecule has 0 saturated carbocycles. The molecule has 2 aromatic rings. The van der Waals surface area contributed by atoms with Crippen molar-refractivity contribution in [2.75, 3.05) is 0 Å². The van der Waals surface area contributed by atoms with Crippen molar-refractivity contribution in [2.45, 2.75) is 13.0 Å². The smallest absolute Gasteiger partial charge is 0.307 e. The molecule has 0 amide bonds. The predicted octanol–water partition coefficient (Wildman–Crippen LogP) is 3.72. The van der Waals surface area contributed by atoms with Crippen LogP contribution in [0.15, 0.2) is 40.2 Å². The van der Waals surface area contributed by atoms with Crippen LogP contribution in [0.2, 0.25) is 0 Å². The van der Waals surface area contributed by atoms with Crippen molar-refractivity contribution >= 4 is 33.2 Å². The molecule has 0 saturated heterocycles. The standard InChI is InChI=1S/C13H11BrO3S/c14-11-5-6-18-12(11)8-17-10-3-1-9(2-4-10)7-13(15)16/h1-6H,7-8H2,(H,15,16). The highest BCUT2D eigenvalue weighted by Gasteiger charge is 2.03. The maximum absolute atomic E-state index is 10.5. The third-order valence-corrected chi connectivity index (χ3v) is 4.24. The average Bonchev–Trinajstić information content (AvgIpc) is 2.73. The van der Waals surface area contributed by atoms with Crippen LogP contribution in [0.3, 0.4) is 0 Å². The third-order valence-electron chi connectivity index (χ3n) is 2.34. The zero-order chi connectivity index (χ0) is 13.0. The number of carboxylic acid groups (broad SMARTS) is 1. The minimum atomic E-state index is -0.828. The molecule has 1 aromatic heterocycles. The quantitative estimate of drug-likeness (QED) is 0.910. The highest BCUT2D eigenvalue weighted by Crippen LogP contribution is 2.24. The van der Waals surface area contributed by atoms with E-state index in [9.17, 15) is 4.79 Å². The number of carboxylic acids is 1. The van der Waals surface area contributed by atoms with Gasteiger partial charge in [-0.05, 0) is 45.1 Å². The SMILES string of the molecule is O=C(O)Cc1ccc(OCc2sccc2Br)cc1. The van der Waals surface area contributed by atoms with Gasteiger partial charge < -0.3 is 9.84 Å². The largest absolute Gasteiger partial charge is 0.488 e. The van der Waals surface area contributed by atoms with Crippen LogP contribution in [0.5, 0.6) is 5.75 Å². The molecule has 5 heteroatoms. The van der Waals surface area contributed by atoms with Crippen molar-refractivity contribution in [1.29, 1.82) is 0 Å². The molecule has 18 heavy (non-hydrogen) atoms. The van der Waals surface area contributed by atoms with Crippen LogP contribution in [-0.4, -0.2) is 11.1 Å². The number of aliphatic carboxylic acids is 1. The van der Waals surface area contributed by atoms with E-state index >= 15 is 0 Å². The summed E-state index contributed by atoms with van der Waals surface area (Å²) in [7, 11) is 0. The molecule has 3 nitrogen and oxygen atoms in total. The summed E-state index contributed by atoms with van der Waals surface area (Å²) in [5.41, 5.74) is 0.771. The molecule has 0 spiro atoms. The van der Waals surface area contributed by atoms with Crippen LogP contribution in [0.1, 0.15) is 10.4 Å². The molecule has 0 atom stereocenters. The van der Waals surface area contributed by atoms with Gasteiger partial charge in [0.1, 0.15) is 12.4 Å². The second-order valence-electron chi connectivity index (χ2n) is 3.69. The zero-order valence-corrected chi connectivity index (χ0v) is 11.8. The molecule has 0 unspecified atom stereocenters. The summed E-state index contributed by atoms with van der Waals surface area (Å²) in [6.07, 6.45) is 0.0384. The van der Waals surface area contributed by atoms with Crippen molar-refractivity contribution in [3.63, 3.8) is 0 Å². The maximum Gasteiger partial charge on any atom is 0.307 e. The highest BCUT2D eigenvalue weighted by molar-refractivity contribution is 9.10. The third kappa shape index (κ3) is 3.58. The summed E-state index contributed by atoms with van der Waals surface area (Å²) < 4.78 is 6.68. The number of thiophene rings is 1. The summed E-state index contributed by atoms with van der Waals surface area (Å²) in [5, 5.41) is 10.7. The molecule has 1 heterocycles. The van der Waals surface area contributed by atoms with Crippen LogP contribution < -0.4 is 4.74 Å². The number of halogens is 1. The van der Waals surface area contributed by atoms with E-state index in [1.54, 1.807) is 35.6 Å². The number of benzene rings is 1. The molecule has 1 N–H and O–H groups in total. The highest BCUT2D eigenvalue weighted by atomic mass is 79.9. The monoisotopic (exact) mass is 326 g/mol. The summed E-state index contributed by atoms with van der Waals surface area (Å²) in [6.45, 7) is 0.510. The molecule has 0 aliphatic rings. The Kier molecular flexibility index (Phi) is 4.38. The molecule has 0 aliphatic heterocycles. The van der Waals surface area contributed by atoms with E-state index in [0.717, 1.165) is 20.7 Å². The van der Waals surface area contributed by atoms with Gasteiger partial charge in [-0.3, -0.25) is 4.79 Å². The van der Waals surface area contributed by atoms with E-state index in [0.29, 0.717) is 6.61 Å².